The molecule has 1 atom stereocenters. The van der Waals surface area contributed by atoms with Crippen LogP contribution in [0.1, 0.15) is 0 Å². The number of hydrogen-bond acceptors (Lipinski definition) is 6. The number of amides is 3. The maximum absolute atomic E-state index is 13.1. The van der Waals surface area contributed by atoms with E-state index < -0.39 is 6.04 Å². The number of thioether (sulfide) groups is 1. The topological polar surface area (TPSA) is 75.4 Å². The van der Waals surface area contributed by atoms with Gasteiger partial charge in [0.05, 0.1) is 29.9 Å². The van der Waals surface area contributed by atoms with Crippen LogP contribution in [-0.2, 0) is 4.79 Å². The molecule has 2 saturated heterocycles. The Balaban J connectivity index is 1.40. The second-order valence-corrected chi connectivity index (χ2v) is 10.6. The van der Waals surface area contributed by atoms with Crippen molar-refractivity contribution in [1.29, 1.82) is 0 Å². The number of para-hydroxylation sites is 1. The van der Waals surface area contributed by atoms with Gasteiger partial charge in [-0.3, -0.25) is 19.2 Å². The molecule has 3 aliphatic heterocycles. The number of aromatic nitrogens is 1. The highest BCUT2D eigenvalue weighted by Crippen LogP contribution is 2.30. The zero-order valence-corrected chi connectivity index (χ0v) is 20.0. The average Bonchev–Trinajstić information content (AvgIpc) is 3.38. The van der Waals surface area contributed by atoms with Crippen LogP contribution in [0.15, 0.2) is 33.6 Å². The van der Waals surface area contributed by atoms with E-state index in [0.29, 0.717) is 12.4 Å². The van der Waals surface area contributed by atoms with Crippen molar-refractivity contribution in [1.82, 2.24) is 24.6 Å². The van der Waals surface area contributed by atoms with Crippen LogP contribution in [0.3, 0.4) is 0 Å². The molecule has 1 unspecified atom stereocenters. The minimum Gasteiger partial charge on any atom is -0.300 e. The van der Waals surface area contributed by atoms with E-state index in [9.17, 15) is 9.59 Å². The molecule has 2 aromatic rings. The zero-order valence-electron chi connectivity index (χ0n) is 18.4. The molecule has 5 rings (SSSR count). The second kappa shape index (κ2) is 8.45. The summed E-state index contributed by atoms with van der Waals surface area (Å²) in [6.07, 6.45) is 0. The number of nitrogens with zero attached hydrogens (tertiary/aromatic N) is 7. The molecule has 4 heterocycles. The Morgan fingerprint density at radius 2 is 1.88 bits per heavy atom. The molecule has 3 amide bonds. The van der Waals surface area contributed by atoms with E-state index in [4.69, 9.17) is 9.98 Å². The summed E-state index contributed by atoms with van der Waals surface area (Å²) in [5.41, 5.74) is 1.01. The second-order valence-electron chi connectivity index (χ2n) is 8.19. The van der Waals surface area contributed by atoms with E-state index >= 15 is 0 Å². The van der Waals surface area contributed by atoms with E-state index in [1.54, 1.807) is 37.2 Å². The lowest BCUT2D eigenvalue weighted by molar-refractivity contribution is -0.544. The van der Waals surface area contributed by atoms with E-state index in [0.717, 1.165) is 47.7 Å². The summed E-state index contributed by atoms with van der Waals surface area (Å²) >= 11 is 3.38. The van der Waals surface area contributed by atoms with E-state index in [-0.39, 0.29) is 11.9 Å². The predicted molar refractivity (Wildman–Crippen MR) is 127 cm³/mol. The molecule has 9 nitrogen and oxygen atoms in total. The molecule has 1 aromatic heterocycles. The molecule has 1 aromatic carbocycles. The molecule has 32 heavy (non-hydrogen) atoms. The third kappa shape index (κ3) is 3.67. The summed E-state index contributed by atoms with van der Waals surface area (Å²) in [7, 11) is 5.34. The van der Waals surface area contributed by atoms with Crippen LogP contribution < -0.4 is 0 Å². The standard InChI is InChI=1S/C21H26N7O2S2/c1-24-8-10-27(11-9-24)19-23-17-16(18(29)26(3)21(30)25(17)2)28(19)12-13-31-20-22-14-6-4-5-7-15(14)32-20/h4-7,16H,8-13H2,1-3H3/q+1. The fourth-order valence-electron chi connectivity index (χ4n) is 4.22. The number of rotatable bonds is 4. The molecular weight excluding hydrogens is 446 g/mol. The minimum absolute atomic E-state index is 0.221. The van der Waals surface area contributed by atoms with Gasteiger partial charge in [-0.15, -0.1) is 11.3 Å². The SMILES string of the molecule is CN1CC[N+](=C2N=C3C(C(=O)N(C)C(=O)N3C)N2CCSc2nc3ccccc3s2)CC1. The number of urea groups is 1. The number of piperazine rings is 1. The Morgan fingerprint density at radius 3 is 2.62 bits per heavy atom. The van der Waals surface area contributed by atoms with Gasteiger partial charge >= 0.3 is 12.0 Å². The molecule has 168 valence electrons. The largest absolute Gasteiger partial charge is 0.392 e. The molecule has 0 radical (unpaired) electrons. The van der Waals surface area contributed by atoms with Crippen LogP contribution in [0.5, 0.6) is 0 Å². The van der Waals surface area contributed by atoms with Crippen LogP contribution >= 0.6 is 23.1 Å². The summed E-state index contributed by atoms with van der Waals surface area (Å²) in [5, 5.41) is 0. The number of likely N-dealkylation sites (N-methyl/N-ethyl adjacent to an activating group) is 3. The highest BCUT2D eigenvalue weighted by atomic mass is 32.2. The summed E-state index contributed by atoms with van der Waals surface area (Å²) < 4.78 is 4.43. The van der Waals surface area contributed by atoms with Gasteiger partial charge in [0.25, 0.3) is 5.91 Å². The molecule has 0 saturated carbocycles. The number of amidine groups is 1. The molecule has 2 fully saturated rings. The van der Waals surface area contributed by atoms with Crippen molar-refractivity contribution in [3.05, 3.63) is 24.3 Å². The molecule has 11 heteroatoms. The van der Waals surface area contributed by atoms with Crippen molar-refractivity contribution in [2.24, 2.45) is 4.99 Å². The molecular formula is C21H26N7O2S2+. The Morgan fingerprint density at radius 1 is 1.12 bits per heavy atom. The zero-order chi connectivity index (χ0) is 22.4. The van der Waals surface area contributed by atoms with Gasteiger partial charge in [-0.05, 0) is 19.2 Å². The smallest absolute Gasteiger partial charge is 0.300 e. The first-order valence-electron chi connectivity index (χ1n) is 10.6. The highest BCUT2D eigenvalue weighted by Gasteiger charge is 2.55. The van der Waals surface area contributed by atoms with Crippen LogP contribution in [0.25, 0.3) is 10.2 Å². The van der Waals surface area contributed by atoms with Crippen molar-refractivity contribution in [2.75, 3.05) is 59.6 Å². The third-order valence-corrected chi connectivity index (χ3v) is 8.29. The molecule has 3 aliphatic rings. The number of guanidine groups is 1. The Labute approximate surface area is 195 Å². The summed E-state index contributed by atoms with van der Waals surface area (Å²) in [6, 6.07) is 7.24. The lowest BCUT2D eigenvalue weighted by Gasteiger charge is -2.33. The average molecular weight is 473 g/mol. The van der Waals surface area contributed by atoms with Gasteiger partial charge in [0, 0.05) is 32.9 Å². The minimum atomic E-state index is -0.562. The maximum atomic E-state index is 13.1. The van der Waals surface area contributed by atoms with Crippen LogP contribution in [0.2, 0.25) is 0 Å². The van der Waals surface area contributed by atoms with Crippen LogP contribution in [0.4, 0.5) is 4.79 Å². The van der Waals surface area contributed by atoms with Crippen molar-refractivity contribution >= 4 is 57.0 Å². The van der Waals surface area contributed by atoms with Gasteiger partial charge in [-0.1, -0.05) is 28.9 Å². The number of carbonyl (C=O) groups is 2. The Bertz CT molecular complexity index is 1100. The first-order valence-corrected chi connectivity index (χ1v) is 12.4. The predicted octanol–water partition coefficient (Wildman–Crippen LogP) is 1.31. The summed E-state index contributed by atoms with van der Waals surface area (Å²) in [6.45, 7) is 4.21. The Kier molecular flexibility index (Phi) is 5.64. The summed E-state index contributed by atoms with van der Waals surface area (Å²) in [5.74, 6) is 1.87. The first-order chi connectivity index (χ1) is 15.4. The lowest BCUT2D eigenvalue weighted by atomic mass is 10.1. The number of carbonyl (C=O) groups excluding carboxylic acids is 2. The van der Waals surface area contributed by atoms with E-state index in [1.165, 1.54) is 14.5 Å². The summed E-state index contributed by atoms with van der Waals surface area (Å²) in [4.78, 5) is 42.2. The van der Waals surface area contributed by atoms with E-state index in [2.05, 4.69) is 27.5 Å². The first kappa shape index (κ1) is 21.4. The highest BCUT2D eigenvalue weighted by molar-refractivity contribution is 8.01. The van der Waals surface area contributed by atoms with Crippen molar-refractivity contribution in [3.8, 4) is 0 Å². The van der Waals surface area contributed by atoms with E-state index in [1.807, 2.05) is 18.2 Å². The maximum Gasteiger partial charge on any atom is 0.392 e. The number of thiazole rings is 1. The Hall–Kier alpha value is -2.50. The fraction of sp³-hybridized carbons (Fsp3) is 0.476. The van der Waals surface area contributed by atoms with Gasteiger partial charge in [0.2, 0.25) is 11.9 Å². The van der Waals surface area contributed by atoms with Gasteiger partial charge in [0.1, 0.15) is 0 Å². The van der Waals surface area contributed by atoms with Gasteiger partial charge in [0.15, 0.2) is 4.34 Å². The van der Waals surface area contributed by atoms with Gasteiger partial charge in [-0.25, -0.2) is 14.7 Å². The number of benzene rings is 1. The van der Waals surface area contributed by atoms with Crippen molar-refractivity contribution in [2.45, 2.75) is 10.4 Å². The lowest BCUT2D eigenvalue weighted by Crippen LogP contribution is -2.63. The van der Waals surface area contributed by atoms with Gasteiger partial charge < -0.3 is 4.90 Å². The van der Waals surface area contributed by atoms with Crippen LogP contribution in [-0.4, -0.2) is 119 Å². The molecule has 0 N–H and O–H groups in total. The third-order valence-electron chi connectivity index (χ3n) is 6.13. The quantitative estimate of drug-likeness (QED) is 0.493. The monoisotopic (exact) mass is 472 g/mol. The van der Waals surface area contributed by atoms with Crippen molar-refractivity contribution in [3.63, 3.8) is 0 Å². The normalized spacial score (nSPS) is 22.3. The number of fused-ring (bicyclic) bond motifs is 2. The number of imide groups is 1. The van der Waals surface area contributed by atoms with Crippen LogP contribution in [0, 0.1) is 0 Å². The molecule has 0 aliphatic carbocycles. The fourth-order valence-corrected chi connectivity index (χ4v) is 6.30. The number of hydrogen-bond donors (Lipinski definition) is 0. The van der Waals surface area contributed by atoms with Gasteiger partial charge in [-0.2, -0.15) is 0 Å². The molecule has 0 bridgehead atoms. The van der Waals surface area contributed by atoms with Crippen molar-refractivity contribution < 1.29 is 14.2 Å². The molecule has 0 spiro atoms. The number of aliphatic imine (C=N–C) groups is 1.